The molecule has 0 saturated carbocycles. The Bertz CT molecular complexity index is 1090. The molecule has 30 heavy (non-hydrogen) atoms. The molecule has 1 aromatic heterocycles. The molecule has 0 bridgehead atoms. The number of benzene rings is 2. The third-order valence-corrected chi connectivity index (χ3v) is 5.07. The lowest BCUT2D eigenvalue weighted by Crippen LogP contribution is -2.33. The number of hydrogen-bond donors (Lipinski definition) is 1. The maximum Gasteiger partial charge on any atom is 0.260 e. The van der Waals surface area contributed by atoms with Crippen molar-refractivity contribution in [3.63, 3.8) is 0 Å². The first-order valence-corrected chi connectivity index (χ1v) is 9.51. The summed E-state index contributed by atoms with van der Waals surface area (Å²) in [5.74, 6) is -0.197. The molecule has 7 heteroatoms. The Labute approximate surface area is 173 Å². The molecule has 2 heterocycles. The fourth-order valence-corrected chi connectivity index (χ4v) is 3.63. The lowest BCUT2D eigenvalue weighted by Gasteiger charge is -2.24. The highest BCUT2D eigenvalue weighted by Gasteiger charge is 2.39. The lowest BCUT2D eigenvalue weighted by molar-refractivity contribution is -0.121. The summed E-state index contributed by atoms with van der Waals surface area (Å²) in [4.78, 5) is 31.6. The fraction of sp³-hybridized carbons (Fsp3) is 0.174. The number of carbonyl (C=O) groups excluding carboxylic acids is 2. The second kappa shape index (κ2) is 8.32. The standard InChI is InChI=1S/C23H20FN3O3/c1-30-20-7-3-2-5-15(20)14-26-21(28)13-19-22-18(6-4-12-25-22)23(29)27(19)17-10-8-16(24)9-11-17/h2-12,19H,13-14H2,1H3,(H,26,28). The van der Waals surface area contributed by atoms with Crippen LogP contribution in [0.1, 0.15) is 34.1 Å². The highest BCUT2D eigenvalue weighted by molar-refractivity contribution is 6.11. The van der Waals surface area contributed by atoms with Gasteiger partial charge in [-0.2, -0.15) is 0 Å². The highest BCUT2D eigenvalue weighted by Crippen LogP contribution is 2.38. The molecule has 3 aromatic rings. The number of amides is 2. The predicted octanol–water partition coefficient (Wildman–Crippen LogP) is 3.64. The quantitative estimate of drug-likeness (QED) is 0.680. The lowest BCUT2D eigenvalue weighted by atomic mass is 10.1. The topological polar surface area (TPSA) is 71.5 Å². The number of para-hydroxylation sites is 1. The van der Waals surface area contributed by atoms with Gasteiger partial charge in [0.2, 0.25) is 5.91 Å². The number of hydrogen-bond acceptors (Lipinski definition) is 4. The minimum absolute atomic E-state index is 0.0300. The molecular weight excluding hydrogens is 385 g/mol. The molecule has 1 atom stereocenters. The van der Waals surface area contributed by atoms with Crippen LogP contribution in [-0.2, 0) is 11.3 Å². The van der Waals surface area contributed by atoms with Crippen molar-refractivity contribution in [2.75, 3.05) is 12.0 Å². The Morgan fingerprint density at radius 1 is 1.13 bits per heavy atom. The zero-order valence-corrected chi connectivity index (χ0v) is 16.3. The number of aromatic nitrogens is 1. The summed E-state index contributed by atoms with van der Waals surface area (Å²) in [6, 6.07) is 15.9. The van der Waals surface area contributed by atoms with Gasteiger partial charge in [-0.25, -0.2) is 4.39 Å². The molecule has 2 amide bonds. The Morgan fingerprint density at radius 2 is 1.90 bits per heavy atom. The molecular formula is C23H20FN3O3. The van der Waals surface area contributed by atoms with Gasteiger partial charge in [0.05, 0.1) is 30.8 Å². The minimum Gasteiger partial charge on any atom is -0.496 e. The molecule has 0 fully saturated rings. The molecule has 0 spiro atoms. The summed E-state index contributed by atoms with van der Waals surface area (Å²) in [6.45, 7) is 0.301. The molecule has 6 nitrogen and oxygen atoms in total. The average molecular weight is 405 g/mol. The number of halogens is 1. The van der Waals surface area contributed by atoms with Crippen LogP contribution in [0.3, 0.4) is 0 Å². The average Bonchev–Trinajstić information content (AvgIpc) is 3.05. The van der Waals surface area contributed by atoms with Crippen LogP contribution in [0.5, 0.6) is 5.75 Å². The predicted molar refractivity (Wildman–Crippen MR) is 110 cm³/mol. The van der Waals surface area contributed by atoms with E-state index < -0.39 is 11.9 Å². The van der Waals surface area contributed by atoms with Gasteiger partial charge >= 0.3 is 0 Å². The van der Waals surface area contributed by atoms with E-state index in [-0.39, 0.29) is 18.2 Å². The van der Waals surface area contributed by atoms with Crippen LogP contribution in [-0.4, -0.2) is 23.9 Å². The van der Waals surface area contributed by atoms with Crippen molar-refractivity contribution in [1.29, 1.82) is 0 Å². The normalized spacial score (nSPS) is 15.1. The molecule has 0 saturated heterocycles. The number of pyridine rings is 1. The molecule has 4 rings (SSSR count). The minimum atomic E-state index is -0.572. The van der Waals surface area contributed by atoms with Gasteiger partial charge in [0.1, 0.15) is 11.6 Å². The monoisotopic (exact) mass is 405 g/mol. The van der Waals surface area contributed by atoms with Crippen molar-refractivity contribution in [2.24, 2.45) is 0 Å². The summed E-state index contributed by atoms with van der Waals surface area (Å²) in [6.07, 6.45) is 1.63. The maximum absolute atomic E-state index is 13.4. The van der Waals surface area contributed by atoms with E-state index >= 15 is 0 Å². The van der Waals surface area contributed by atoms with Crippen LogP contribution in [0.15, 0.2) is 66.9 Å². The number of nitrogens with zero attached hydrogens (tertiary/aromatic N) is 2. The Kier molecular flexibility index (Phi) is 5.43. The van der Waals surface area contributed by atoms with E-state index in [0.29, 0.717) is 29.2 Å². The van der Waals surface area contributed by atoms with Crippen LogP contribution in [0.4, 0.5) is 10.1 Å². The Hall–Kier alpha value is -3.74. The first kappa shape index (κ1) is 19.6. The highest BCUT2D eigenvalue weighted by atomic mass is 19.1. The van der Waals surface area contributed by atoms with E-state index in [1.165, 1.54) is 29.2 Å². The maximum atomic E-state index is 13.4. The van der Waals surface area contributed by atoms with Crippen LogP contribution >= 0.6 is 0 Å². The number of methoxy groups -OCH3 is 1. The van der Waals surface area contributed by atoms with Gasteiger partial charge in [-0.05, 0) is 42.5 Å². The van der Waals surface area contributed by atoms with Crippen molar-refractivity contribution < 1.29 is 18.7 Å². The van der Waals surface area contributed by atoms with Gasteiger partial charge in [-0.15, -0.1) is 0 Å². The molecule has 0 aliphatic carbocycles. The smallest absolute Gasteiger partial charge is 0.260 e. The van der Waals surface area contributed by atoms with Gasteiger partial charge in [-0.1, -0.05) is 18.2 Å². The molecule has 0 radical (unpaired) electrons. The largest absolute Gasteiger partial charge is 0.496 e. The van der Waals surface area contributed by atoms with Crippen LogP contribution in [0.25, 0.3) is 0 Å². The molecule has 152 valence electrons. The van der Waals surface area contributed by atoms with Gasteiger partial charge in [-0.3, -0.25) is 19.5 Å². The number of nitrogens with one attached hydrogen (secondary N) is 1. The zero-order valence-electron chi connectivity index (χ0n) is 16.3. The molecule has 1 N–H and O–H groups in total. The van der Waals surface area contributed by atoms with E-state index in [2.05, 4.69) is 10.3 Å². The summed E-state index contributed by atoms with van der Waals surface area (Å²) >= 11 is 0. The van der Waals surface area contributed by atoms with Crippen molar-refractivity contribution in [3.05, 3.63) is 89.5 Å². The second-order valence-corrected chi connectivity index (χ2v) is 6.90. The molecule has 2 aromatic carbocycles. The third kappa shape index (κ3) is 3.74. The molecule has 1 aliphatic rings. The second-order valence-electron chi connectivity index (χ2n) is 6.90. The van der Waals surface area contributed by atoms with Crippen LogP contribution in [0.2, 0.25) is 0 Å². The van der Waals surface area contributed by atoms with Crippen molar-refractivity contribution in [2.45, 2.75) is 19.0 Å². The van der Waals surface area contributed by atoms with Crippen molar-refractivity contribution in [3.8, 4) is 5.75 Å². The first-order valence-electron chi connectivity index (χ1n) is 9.51. The van der Waals surface area contributed by atoms with Crippen molar-refractivity contribution >= 4 is 17.5 Å². The number of anilines is 1. The van der Waals surface area contributed by atoms with E-state index in [1.807, 2.05) is 24.3 Å². The summed E-state index contributed by atoms with van der Waals surface area (Å²) in [5, 5.41) is 2.88. The van der Waals surface area contributed by atoms with E-state index in [1.54, 1.807) is 25.4 Å². The fourth-order valence-electron chi connectivity index (χ4n) is 3.63. The van der Waals surface area contributed by atoms with Gasteiger partial charge < -0.3 is 10.1 Å². The van der Waals surface area contributed by atoms with Gasteiger partial charge in [0.15, 0.2) is 0 Å². The summed E-state index contributed by atoms with van der Waals surface area (Å²) in [7, 11) is 1.58. The number of rotatable bonds is 6. The SMILES string of the molecule is COc1ccccc1CNC(=O)CC1c2ncccc2C(=O)N1c1ccc(F)cc1. The van der Waals surface area contributed by atoms with Crippen molar-refractivity contribution in [1.82, 2.24) is 10.3 Å². The number of fused-ring (bicyclic) bond motifs is 1. The van der Waals surface area contributed by atoms with E-state index in [4.69, 9.17) is 4.74 Å². The first-order chi connectivity index (χ1) is 14.6. The third-order valence-electron chi connectivity index (χ3n) is 5.07. The van der Waals surface area contributed by atoms with Crippen LogP contribution in [0, 0.1) is 5.82 Å². The Morgan fingerprint density at radius 3 is 2.67 bits per heavy atom. The number of ether oxygens (including phenoxy) is 1. The summed E-state index contributed by atoms with van der Waals surface area (Å²) < 4.78 is 18.7. The van der Waals surface area contributed by atoms with E-state index in [0.717, 1.165) is 5.56 Å². The summed E-state index contributed by atoms with van der Waals surface area (Å²) in [5.41, 5.74) is 2.36. The molecule has 1 unspecified atom stereocenters. The van der Waals surface area contributed by atoms with Gasteiger partial charge in [0.25, 0.3) is 5.91 Å². The van der Waals surface area contributed by atoms with Gasteiger partial charge in [0, 0.05) is 24.0 Å². The Balaban J connectivity index is 1.56. The van der Waals surface area contributed by atoms with E-state index in [9.17, 15) is 14.0 Å². The zero-order chi connectivity index (χ0) is 21.1. The molecule has 1 aliphatic heterocycles. The van der Waals surface area contributed by atoms with Crippen LogP contribution < -0.4 is 15.0 Å². The number of carbonyl (C=O) groups is 2.